The number of rotatable bonds is 3. The summed E-state index contributed by atoms with van der Waals surface area (Å²) in [5.74, 6) is 1.60. The molecule has 2 amide bonds. The van der Waals surface area contributed by atoms with Crippen LogP contribution >= 0.6 is 23.2 Å². The van der Waals surface area contributed by atoms with Crippen LogP contribution in [-0.2, 0) is 0 Å². The van der Waals surface area contributed by atoms with Crippen molar-refractivity contribution in [1.82, 2.24) is 5.32 Å². The average molecular weight is 409 g/mol. The number of benzene rings is 2. The van der Waals surface area contributed by atoms with Gasteiger partial charge in [-0.25, -0.2) is 4.79 Å². The Labute approximate surface area is 166 Å². The molecule has 0 unspecified atom stereocenters. The molecule has 2 heterocycles. The molecule has 0 spiro atoms. The molecule has 8 heteroatoms. The summed E-state index contributed by atoms with van der Waals surface area (Å²) in [5, 5.41) is 3.99. The normalized spacial score (nSPS) is 23.2. The molecule has 4 rings (SSSR count). The van der Waals surface area contributed by atoms with Gasteiger partial charge in [-0.05, 0) is 31.2 Å². The molecule has 2 aliphatic heterocycles. The summed E-state index contributed by atoms with van der Waals surface area (Å²) in [7, 11) is 3.05. The second-order valence-electron chi connectivity index (χ2n) is 6.66. The van der Waals surface area contributed by atoms with E-state index in [4.69, 9.17) is 37.4 Å². The Balaban J connectivity index is 1.83. The topological polar surface area (TPSA) is 60.0 Å². The zero-order valence-corrected chi connectivity index (χ0v) is 16.5. The Morgan fingerprint density at radius 1 is 1.19 bits per heavy atom. The molecule has 0 saturated carbocycles. The summed E-state index contributed by atoms with van der Waals surface area (Å²) in [6.07, 6.45) is 0.541. The van der Waals surface area contributed by atoms with E-state index in [0.29, 0.717) is 39.4 Å². The van der Waals surface area contributed by atoms with Gasteiger partial charge in [-0.15, -0.1) is 0 Å². The minimum absolute atomic E-state index is 0.194. The van der Waals surface area contributed by atoms with Gasteiger partial charge in [-0.3, -0.25) is 4.90 Å². The number of urea groups is 1. The zero-order valence-electron chi connectivity index (χ0n) is 15.0. The fraction of sp³-hybridized carbons (Fsp3) is 0.316. The van der Waals surface area contributed by atoms with Crippen molar-refractivity contribution < 1.29 is 19.0 Å². The standard InChI is InChI=1S/C19H18Cl2N2O4/c1-19-9-13(11-6-10(20)4-5-15(11)27-19)22-18(24)23(19)14-7-12(21)16(25-2)8-17(14)26-3/h4-8,13H,9H2,1-3H3,(H,22,24)/t13-,19+/m1/s1. The van der Waals surface area contributed by atoms with Crippen LogP contribution in [0.25, 0.3) is 0 Å². The quantitative estimate of drug-likeness (QED) is 0.793. The minimum Gasteiger partial charge on any atom is -0.495 e. The van der Waals surface area contributed by atoms with Gasteiger partial charge in [0.25, 0.3) is 0 Å². The minimum atomic E-state index is -0.918. The van der Waals surface area contributed by atoms with Gasteiger partial charge in [0.15, 0.2) is 5.72 Å². The zero-order chi connectivity index (χ0) is 19.3. The number of hydrogen-bond donors (Lipinski definition) is 1. The van der Waals surface area contributed by atoms with Gasteiger partial charge in [-0.2, -0.15) is 0 Å². The van der Waals surface area contributed by atoms with Crippen LogP contribution in [0.2, 0.25) is 10.0 Å². The summed E-state index contributed by atoms with van der Waals surface area (Å²) < 4.78 is 17.0. The van der Waals surface area contributed by atoms with Gasteiger partial charge in [0.2, 0.25) is 0 Å². The Hall–Kier alpha value is -2.31. The summed E-state index contributed by atoms with van der Waals surface area (Å²) in [6, 6.07) is 8.20. The Bertz CT molecular complexity index is 936. The van der Waals surface area contributed by atoms with Crippen LogP contribution in [0.15, 0.2) is 30.3 Å². The van der Waals surface area contributed by atoms with Crippen LogP contribution in [-0.4, -0.2) is 26.0 Å². The van der Waals surface area contributed by atoms with Gasteiger partial charge in [0.1, 0.15) is 17.2 Å². The molecular weight excluding hydrogens is 391 g/mol. The van der Waals surface area contributed by atoms with Crippen molar-refractivity contribution in [2.24, 2.45) is 0 Å². The maximum Gasteiger partial charge on any atom is 0.325 e. The molecule has 0 aromatic heterocycles. The largest absolute Gasteiger partial charge is 0.495 e. The average Bonchev–Trinajstić information content (AvgIpc) is 2.62. The molecule has 2 aromatic rings. The number of carbonyl (C=O) groups is 1. The lowest BCUT2D eigenvalue weighted by Crippen LogP contribution is -2.65. The molecule has 1 N–H and O–H groups in total. The van der Waals surface area contributed by atoms with E-state index >= 15 is 0 Å². The smallest absolute Gasteiger partial charge is 0.325 e. The second kappa shape index (κ2) is 6.39. The fourth-order valence-corrected chi connectivity index (χ4v) is 4.14. The highest BCUT2D eigenvalue weighted by molar-refractivity contribution is 6.32. The number of methoxy groups -OCH3 is 2. The molecule has 1 fully saturated rings. The molecule has 2 bridgehead atoms. The highest BCUT2D eigenvalue weighted by atomic mass is 35.5. The van der Waals surface area contributed by atoms with E-state index in [0.717, 1.165) is 5.56 Å². The number of ether oxygens (including phenoxy) is 3. The van der Waals surface area contributed by atoms with Crippen LogP contribution in [0, 0.1) is 0 Å². The molecule has 2 aliphatic rings. The predicted molar refractivity (Wildman–Crippen MR) is 103 cm³/mol. The maximum atomic E-state index is 13.0. The number of amides is 2. The number of hydrogen-bond acceptors (Lipinski definition) is 4. The predicted octanol–water partition coefficient (Wildman–Crippen LogP) is 4.78. The van der Waals surface area contributed by atoms with E-state index in [1.165, 1.54) is 19.1 Å². The van der Waals surface area contributed by atoms with Gasteiger partial charge < -0.3 is 19.5 Å². The number of carbonyl (C=O) groups excluding carboxylic acids is 1. The number of nitrogens with one attached hydrogen (secondary N) is 1. The number of halogens is 2. The summed E-state index contributed by atoms with van der Waals surface area (Å²) >= 11 is 12.4. The van der Waals surface area contributed by atoms with Crippen LogP contribution < -0.4 is 24.4 Å². The van der Waals surface area contributed by atoms with Crippen molar-refractivity contribution in [1.29, 1.82) is 0 Å². The third-order valence-corrected chi connectivity index (χ3v) is 5.46. The van der Waals surface area contributed by atoms with E-state index in [9.17, 15) is 4.79 Å². The first-order chi connectivity index (χ1) is 12.9. The first-order valence-electron chi connectivity index (χ1n) is 8.37. The molecule has 2 atom stereocenters. The molecular formula is C19H18Cl2N2O4. The Morgan fingerprint density at radius 2 is 1.93 bits per heavy atom. The number of fused-ring (bicyclic) bond motifs is 4. The lowest BCUT2D eigenvalue weighted by molar-refractivity contribution is 0.0375. The Kier molecular flexibility index (Phi) is 4.28. The Morgan fingerprint density at radius 3 is 2.63 bits per heavy atom. The number of nitrogens with zero attached hydrogens (tertiary/aromatic N) is 1. The van der Waals surface area contributed by atoms with Crippen molar-refractivity contribution >= 4 is 34.9 Å². The van der Waals surface area contributed by atoms with Crippen LogP contribution in [0.4, 0.5) is 10.5 Å². The van der Waals surface area contributed by atoms with Gasteiger partial charge in [0.05, 0.1) is 31.0 Å². The molecule has 0 aliphatic carbocycles. The highest BCUT2D eigenvalue weighted by Gasteiger charge is 2.50. The molecule has 0 radical (unpaired) electrons. The van der Waals surface area contributed by atoms with Crippen LogP contribution in [0.5, 0.6) is 17.2 Å². The van der Waals surface area contributed by atoms with E-state index in [1.807, 2.05) is 19.1 Å². The van der Waals surface area contributed by atoms with Crippen LogP contribution in [0.3, 0.4) is 0 Å². The molecule has 27 heavy (non-hydrogen) atoms. The molecule has 6 nitrogen and oxygen atoms in total. The first kappa shape index (κ1) is 18.1. The molecule has 2 aromatic carbocycles. The number of anilines is 1. The van der Waals surface area contributed by atoms with Gasteiger partial charge in [-0.1, -0.05) is 23.2 Å². The van der Waals surface area contributed by atoms with Crippen LogP contribution in [0.1, 0.15) is 24.9 Å². The lowest BCUT2D eigenvalue weighted by Gasteiger charge is -2.50. The van der Waals surface area contributed by atoms with Crippen molar-refractivity contribution in [3.8, 4) is 17.2 Å². The fourth-order valence-electron chi connectivity index (χ4n) is 3.73. The highest BCUT2D eigenvalue weighted by Crippen LogP contribution is 2.49. The third kappa shape index (κ3) is 2.84. The lowest BCUT2D eigenvalue weighted by atomic mass is 9.90. The van der Waals surface area contributed by atoms with Gasteiger partial charge in [0, 0.05) is 23.1 Å². The molecule has 142 valence electrons. The van der Waals surface area contributed by atoms with E-state index in [1.54, 1.807) is 18.2 Å². The van der Waals surface area contributed by atoms with Crippen molar-refractivity contribution in [3.63, 3.8) is 0 Å². The van der Waals surface area contributed by atoms with E-state index in [-0.39, 0.29) is 12.1 Å². The maximum absolute atomic E-state index is 13.0. The van der Waals surface area contributed by atoms with E-state index < -0.39 is 5.72 Å². The van der Waals surface area contributed by atoms with Crippen molar-refractivity contribution in [3.05, 3.63) is 45.9 Å². The molecule has 1 saturated heterocycles. The van der Waals surface area contributed by atoms with Crippen molar-refractivity contribution in [2.45, 2.75) is 25.1 Å². The summed E-state index contributed by atoms with van der Waals surface area (Å²) in [4.78, 5) is 14.5. The summed E-state index contributed by atoms with van der Waals surface area (Å²) in [5.41, 5.74) is 0.450. The monoisotopic (exact) mass is 408 g/mol. The van der Waals surface area contributed by atoms with Gasteiger partial charge >= 0.3 is 6.03 Å². The first-order valence-corrected chi connectivity index (χ1v) is 9.12. The third-order valence-electron chi connectivity index (χ3n) is 4.93. The second-order valence-corrected chi connectivity index (χ2v) is 7.50. The van der Waals surface area contributed by atoms with E-state index in [2.05, 4.69) is 5.32 Å². The summed E-state index contributed by atoms with van der Waals surface area (Å²) in [6.45, 7) is 1.87. The SMILES string of the molecule is COc1cc(OC)c(N2C(=O)N[C@@H]3C[C@]2(C)Oc2ccc(Cl)cc23)cc1Cl. The van der Waals surface area contributed by atoms with Crippen molar-refractivity contribution in [2.75, 3.05) is 19.1 Å².